The summed E-state index contributed by atoms with van der Waals surface area (Å²) in [5, 5.41) is 0. The van der Waals surface area contributed by atoms with Crippen LogP contribution in [0, 0.1) is 0 Å². The molecule has 0 spiro atoms. The first-order chi connectivity index (χ1) is 9.70. The van der Waals surface area contributed by atoms with Gasteiger partial charge in [-0.2, -0.15) is 0 Å². The molecular weight excluding hydrogens is 298 g/mol. The summed E-state index contributed by atoms with van der Waals surface area (Å²) >= 11 is 0. The Morgan fingerprint density at radius 2 is 1.86 bits per heavy atom. The van der Waals surface area contributed by atoms with E-state index in [0.29, 0.717) is 0 Å². The number of rotatable bonds is 6. The third-order valence-corrected chi connectivity index (χ3v) is 4.40. The molecule has 0 bridgehead atoms. The predicted octanol–water partition coefficient (Wildman–Crippen LogP) is 0.691. The van der Waals surface area contributed by atoms with Crippen LogP contribution in [-0.2, 0) is 19.6 Å². The molecular formula is C13H17NO6S. The maximum Gasteiger partial charge on any atom is 0.338 e. The maximum absolute atomic E-state index is 12.2. The lowest BCUT2D eigenvalue weighted by molar-refractivity contribution is -0.120. The Hall–Kier alpha value is -1.93. The second kappa shape index (κ2) is 6.68. The number of ketones is 1. The van der Waals surface area contributed by atoms with Crippen LogP contribution < -0.4 is 4.74 Å². The van der Waals surface area contributed by atoms with Crippen molar-refractivity contribution in [3.63, 3.8) is 0 Å². The summed E-state index contributed by atoms with van der Waals surface area (Å²) in [7, 11) is 0.299. The van der Waals surface area contributed by atoms with E-state index in [4.69, 9.17) is 9.47 Å². The number of hydrogen-bond donors (Lipinski definition) is 0. The van der Waals surface area contributed by atoms with Crippen LogP contribution in [0.1, 0.15) is 17.3 Å². The highest BCUT2D eigenvalue weighted by Gasteiger charge is 2.24. The first kappa shape index (κ1) is 17.1. The van der Waals surface area contributed by atoms with Gasteiger partial charge in [-0.15, -0.1) is 0 Å². The zero-order chi connectivity index (χ0) is 16.2. The van der Waals surface area contributed by atoms with Gasteiger partial charge in [-0.1, -0.05) is 0 Å². The minimum Gasteiger partial charge on any atom is -0.495 e. The highest BCUT2D eigenvalue weighted by Crippen LogP contribution is 2.27. The number of benzene rings is 1. The van der Waals surface area contributed by atoms with Crippen molar-refractivity contribution in [2.45, 2.75) is 11.8 Å². The van der Waals surface area contributed by atoms with Crippen LogP contribution in [-0.4, -0.2) is 52.3 Å². The molecule has 1 aromatic carbocycles. The summed E-state index contributed by atoms with van der Waals surface area (Å²) in [5.74, 6) is -0.965. The topological polar surface area (TPSA) is 90.0 Å². The van der Waals surface area contributed by atoms with Crippen LogP contribution in [0.3, 0.4) is 0 Å². The zero-order valence-corrected chi connectivity index (χ0v) is 13.1. The normalized spacial score (nSPS) is 11.3. The van der Waals surface area contributed by atoms with Gasteiger partial charge in [-0.25, -0.2) is 17.5 Å². The number of methoxy groups -OCH3 is 1. The molecule has 0 atom stereocenters. The van der Waals surface area contributed by atoms with Crippen molar-refractivity contribution in [1.29, 1.82) is 0 Å². The molecule has 0 aliphatic carbocycles. The molecule has 0 radical (unpaired) electrons. The Balaban J connectivity index is 3.23. The fourth-order valence-electron chi connectivity index (χ4n) is 1.45. The number of carbonyl (C=O) groups excluding carboxylic acids is 2. The van der Waals surface area contributed by atoms with Crippen molar-refractivity contribution in [1.82, 2.24) is 4.31 Å². The van der Waals surface area contributed by atoms with Crippen LogP contribution >= 0.6 is 0 Å². The van der Waals surface area contributed by atoms with Gasteiger partial charge in [-0.3, -0.25) is 4.79 Å². The van der Waals surface area contributed by atoms with E-state index in [-0.39, 0.29) is 28.6 Å². The van der Waals surface area contributed by atoms with Crippen LogP contribution in [0.4, 0.5) is 0 Å². The van der Waals surface area contributed by atoms with E-state index < -0.39 is 16.0 Å². The Bertz CT molecular complexity index is 651. The van der Waals surface area contributed by atoms with Crippen molar-refractivity contribution in [3.05, 3.63) is 23.8 Å². The summed E-state index contributed by atoms with van der Waals surface area (Å²) < 4.78 is 35.2. The second-order valence-corrected chi connectivity index (χ2v) is 6.55. The minimum absolute atomic E-state index is 0.0254. The monoisotopic (exact) mass is 315 g/mol. The molecule has 0 heterocycles. The molecule has 116 valence electrons. The van der Waals surface area contributed by atoms with Gasteiger partial charge in [0.05, 0.1) is 12.7 Å². The lowest BCUT2D eigenvalue weighted by Gasteiger charge is -2.15. The fraction of sp³-hybridized carbons (Fsp3) is 0.385. The molecule has 1 rings (SSSR count). The van der Waals surface area contributed by atoms with Gasteiger partial charge in [0.2, 0.25) is 10.0 Å². The first-order valence-corrected chi connectivity index (χ1v) is 7.41. The Morgan fingerprint density at radius 3 is 2.33 bits per heavy atom. The van der Waals surface area contributed by atoms with Gasteiger partial charge in [0.1, 0.15) is 17.3 Å². The Labute approximate surface area is 123 Å². The third kappa shape index (κ3) is 4.02. The second-order valence-electron chi connectivity index (χ2n) is 4.43. The summed E-state index contributed by atoms with van der Waals surface area (Å²) in [4.78, 5) is 22.4. The van der Waals surface area contributed by atoms with Crippen LogP contribution in [0.5, 0.6) is 5.75 Å². The molecule has 0 unspecified atom stereocenters. The quantitative estimate of drug-likeness (QED) is 0.718. The lowest BCUT2D eigenvalue weighted by atomic mass is 10.2. The smallest absolute Gasteiger partial charge is 0.338 e. The third-order valence-electron chi connectivity index (χ3n) is 2.56. The number of esters is 1. The molecule has 0 saturated heterocycles. The molecule has 0 saturated carbocycles. The molecule has 0 aliphatic heterocycles. The molecule has 0 N–H and O–H groups in total. The average Bonchev–Trinajstić information content (AvgIpc) is 2.43. The predicted molar refractivity (Wildman–Crippen MR) is 74.8 cm³/mol. The van der Waals surface area contributed by atoms with Crippen LogP contribution in [0.2, 0.25) is 0 Å². The van der Waals surface area contributed by atoms with Crippen molar-refractivity contribution >= 4 is 21.8 Å². The summed E-state index contributed by atoms with van der Waals surface area (Å²) in [5.41, 5.74) is 0.0254. The van der Waals surface area contributed by atoms with Crippen LogP contribution in [0.15, 0.2) is 23.1 Å². The van der Waals surface area contributed by atoms with Gasteiger partial charge in [0.15, 0.2) is 5.78 Å². The molecule has 1 aromatic rings. The number of Topliss-reactive ketones (excluding diaryl/α,β-unsaturated/α-hetero) is 1. The van der Waals surface area contributed by atoms with E-state index >= 15 is 0 Å². The number of carbonyl (C=O) groups is 2. The van der Waals surface area contributed by atoms with E-state index in [1.165, 1.54) is 40.3 Å². The van der Waals surface area contributed by atoms with Crippen molar-refractivity contribution in [2.75, 3.05) is 27.8 Å². The van der Waals surface area contributed by atoms with Crippen LogP contribution in [0.25, 0.3) is 0 Å². The van der Waals surface area contributed by atoms with Gasteiger partial charge in [0.25, 0.3) is 0 Å². The molecule has 0 aliphatic rings. The van der Waals surface area contributed by atoms with E-state index in [1.807, 2.05) is 0 Å². The zero-order valence-electron chi connectivity index (χ0n) is 12.2. The first-order valence-electron chi connectivity index (χ1n) is 5.97. The van der Waals surface area contributed by atoms with E-state index in [1.54, 1.807) is 0 Å². The number of hydrogen-bond acceptors (Lipinski definition) is 6. The van der Waals surface area contributed by atoms with Crippen molar-refractivity contribution in [2.24, 2.45) is 0 Å². The molecule has 0 fully saturated rings. The minimum atomic E-state index is -3.77. The number of sulfonamides is 1. The Morgan fingerprint density at radius 1 is 1.24 bits per heavy atom. The van der Waals surface area contributed by atoms with Crippen molar-refractivity contribution < 1.29 is 27.5 Å². The van der Waals surface area contributed by atoms with E-state index in [2.05, 4.69) is 0 Å². The lowest BCUT2D eigenvalue weighted by Crippen LogP contribution is -2.23. The maximum atomic E-state index is 12.2. The number of nitrogens with zero attached hydrogens (tertiary/aromatic N) is 1. The fourth-order valence-corrected chi connectivity index (χ4v) is 2.53. The molecule has 0 aromatic heterocycles. The average molecular weight is 315 g/mol. The number of ether oxygens (including phenoxy) is 2. The summed E-state index contributed by atoms with van der Waals surface area (Å²) in [6.45, 7) is 0.920. The van der Waals surface area contributed by atoms with Crippen molar-refractivity contribution in [3.8, 4) is 5.75 Å². The van der Waals surface area contributed by atoms with Gasteiger partial charge >= 0.3 is 5.97 Å². The Kier molecular flexibility index (Phi) is 5.45. The summed E-state index contributed by atoms with van der Waals surface area (Å²) in [6, 6.07) is 3.90. The molecule has 0 amide bonds. The van der Waals surface area contributed by atoms with E-state index in [9.17, 15) is 18.0 Å². The summed E-state index contributed by atoms with van der Waals surface area (Å²) in [6.07, 6.45) is 0. The molecule has 8 heteroatoms. The van der Waals surface area contributed by atoms with E-state index in [0.717, 1.165) is 10.4 Å². The highest BCUT2D eigenvalue weighted by atomic mass is 32.2. The molecule has 21 heavy (non-hydrogen) atoms. The largest absolute Gasteiger partial charge is 0.495 e. The standard InChI is InChI=1S/C13H17NO6S/c1-9(15)8-20-13(16)10-5-6-11(19-4)12(7-10)21(17,18)14(2)3/h5-7H,8H2,1-4H3. The molecule has 7 nitrogen and oxygen atoms in total. The highest BCUT2D eigenvalue weighted by molar-refractivity contribution is 7.89. The van der Waals surface area contributed by atoms with Gasteiger partial charge in [-0.05, 0) is 25.1 Å². The van der Waals surface area contributed by atoms with Gasteiger partial charge < -0.3 is 9.47 Å². The van der Waals surface area contributed by atoms with Gasteiger partial charge in [0, 0.05) is 14.1 Å². The SMILES string of the molecule is COc1ccc(C(=O)OCC(C)=O)cc1S(=O)(=O)N(C)C.